The summed E-state index contributed by atoms with van der Waals surface area (Å²) in [6, 6.07) is 7.00. The number of nitrogens with zero attached hydrogens (tertiary/aromatic N) is 4. The topological polar surface area (TPSA) is 77.3 Å². The van der Waals surface area contributed by atoms with E-state index >= 15 is 0 Å². The summed E-state index contributed by atoms with van der Waals surface area (Å²) in [7, 11) is 0. The molecule has 0 bridgehead atoms. The van der Waals surface area contributed by atoms with E-state index in [1.807, 2.05) is 6.92 Å². The van der Waals surface area contributed by atoms with Crippen LogP contribution in [0.2, 0.25) is 0 Å². The highest BCUT2D eigenvalue weighted by molar-refractivity contribution is 5.78. The fraction of sp³-hybridized carbons (Fsp3) is 0.500. The van der Waals surface area contributed by atoms with Gasteiger partial charge < -0.3 is 9.64 Å². The molecule has 1 aliphatic rings. The molecule has 0 saturated carbocycles. The minimum atomic E-state index is -0.288. The average Bonchev–Trinajstić information content (AvgIpc) is 3.08. The summed E-state index contributed by atoms with van der Waals surface area (Å²) in [6.45, 7) is 4.56. The number of amides is 1. The fourth-order valence-electron chi connectivity index (χ4n) is 2.80. The molecule has 0 radical (unpaired) electrons. The van der Waals surface area contributed by atoms with Crippen molar-refractivity contribution in [3.05, 3.63) is 34.6 Å². The number of aromatic nitrogens is 3. The standard InChI is InChI=1S/C16H20N4O3/c1-2-19(9-12-7-8-23-11-12)15(21)10-20-16(22)13-5-3-4-6-14(13)17-18-20/h3-6,12H,2,7-11H2,1H3. The first-order chi connectivity index (χ1) is 11.2. The number of fused-ring (bicyclic) bond motifs is 1. The van der Waals surface area contributed by atoms with Crippen LogP contribution in [0.3, 0.4) is 0 Å². The molecular weight excluding hydrogens is 296 g/mol. The number of ether oxygens (including phenoxy) is 1. The van der Waals surface area contributed by atoms with Crippen molar-refractivity contribution < 1.29 is 9.53 Å². The molecule has 0 aliphatic carbocycles. The molecule has 1 aromatic heterocycles. The van der Waals surface area contributed by atoms with E-state index in [4.69, 9.17) is 4.74 Å². The summed E-state index contributed by atoms with van der Waals surface area (Å²) in [5.74, 6) is 0.254. The second kappa shape index (κ2) is 6.87. The summed E-state index contributed by atoms with van der Waals surface area (Å²) in [4.78, 5) is 26.6. The summed E-state index contributed by atoms with van der Waals surface area (Å²) >= 11 is 0. The van der Waals surface area contributed by atoms with E-state index in [0.29, 0.717) is 36.5 Å². The Labute approximate surface area is 133 Å². The smallest absolute Gasteiger partial charge is 0.278 e. The maximum atomic E-state index is 12.5. The SMILES string of the molecule is CCN(CC1CCOC1)C(=O)Cn1nnc2ccccc2c1=O. The van der Waals surface area contributed by atoms with Gasteiger partial charge in [0.25, 0.3) is 5.56 Å². The van der Waals surface area contributed by atoms with Crippen LogP contribution >= 0.6 is 0 Å². The van der Waals surface area contributed by atoms with Crippen LogP contribution in [0.5, 0.6) is 0 Å². The van der Waals surface area contributed by atoms with Gasteiger partial charge in [0.05, 0.1) is 12.0 Å². The lowest BCUT2D eigenvalue weighted by molar-refractivity contribution is -0.132. The van der Waals surface area contributed by atoms with Crippen LogP contribution in [0.4, 0.5) is 0 Å². The minimum absolute atomic E-state index is 0.0852. The maximum absolute atomic E-state index is 12.5. The Kier molecular flexibility index (Phi) is 4.66. The van der Waals surface area contributed by atoms with Crippen molar-refractivity contribution in [2.45, 2.75) is 19.9 Å². The van der Waals surface area contributed by atoms with E-state index in [1.165, 1.54) is 0 Å². The highest BCUT2D eigenvalue weighted by Gasteiger charge is 2.22. The fourth-order valence-corrected chi connectivity index (χ4v) is 2.80. The Morgan fingerprint density at radius 3 is 3.00 bits per heavy atom. The third-order valence-electron chi connectivity index (χ3n) is 4.15. The van der Waals surface area contributed by atoms with Crippen molar-refractivity contribution >= 4 is 16.8 Å². The largest absolute Gasteiger partial charge is 0.381 e. The third-order valence-corrected chi connectivity index (χ3v) is 4.15. The monoisotopic (exact) mass is 316 g/mol. The third kappa shape index (κ3) is 3.39. The molecule has 23 heavy (non-hydrogen) atoms. The van der Waals surface area contributed by atoms with Gasteiger partial charge in [-0.15, -0.1) is 5.10 Å². The van der Waals surface area contributed by atoms with Crippen molar-refractivity contribution in [2.24, 2.45) is 5.92 Å². The van der Waals surface area contributed by atoms with Crippen LogP contribution in [0.25, 0.3) is 10.9 Å². The lowest BCUT2D eigenvalue weighted by Crippen LogP contribution is -2.40. The van der Waals surface area contributed by atoms with Gasteiger partial charge in [-0.1, -0.05) is 17.3 Å². The van der Waals surface area contributed by atoms with Gasteiger partial charge in [0, 0.05) is 25.6 Å². The maximum Gasteiger partial charge on any atom is 0.278 e. The van der Waals surface area contributed by atoms with E-state index < -0.39 is 0 Å². The summed E-state index contributed by atoms with van der Waals surface area (Å²) < 4.78 is 6.49. The number of benzene rings is 1. The van der Waals surface area contributed by atoms with Crippen LogP contribution in [-0.4, -0.2) is 52.1 Å². The number of rotatable bonds is 5. The molecule has 2 heterocycles. The molecule has 1 saturated heterocycles. The molecule has 7 nitrogen and oxygen atoms in total. The normalized spacial score (nSPS) is 17.5. The predicted molar refractivity (Wildman–Crippen MR) is 85.0 cm³/mol. The Hall–Kier alpha value is -2.28. The first-order valence-corrected chi connectivity index (χ1v) is 7.87. The lowest BCUT2D eigenvalue weighted by atomic mass is 10.1. The Balaban J connectivity index is 1.76. The molecule has 7 heteroatoms. The van der Waals surface area contributed by atoms with Crippen molar-refractivity contribution in [3.8, 4) is 0 Å². The molecule has 0 spiro atoms. The van der Waals surface area contributed by atoms with Crippen molar-refractivity contribution in [3.63, 3.8) is 0 Å². The Morgan fingerprint density at radius 2 is 2.26 bits per heavy atom. The first kappa shape index (κ1) is 15.6. The molecular formula is C16H20N4O3. The van der Waals surface area contributed by atoms with Gasteiger partial charge >= 0.3 is 0 Å². The van der Waals surface area contributed by atoms with Crippen LogP contribution < -0.4 is 5.56 Å². The second-order valence-electron chi connectivity index (χ2n) is 5.73. The number of likely N-dealkylation sites (N-methyl/N-ethyl adjacent to an activating group) is 1. The van der Waals surface area contributed by atoms with Crippen LogP contribution in [0, 0.1) is 5.92 Å². The molecule has 0 N–H and O–H groups in total. The Morgan fingerprint density at radius 1 is 1.43 bits per heavy atom. The highest BCUT2D eigenvalue weighted by atomic mass is 16.5. The van der Waals surface area contributed by atoms with Gasteiger partial charge in [0.15, 0.2) is 0 Å². The highest BCUT2D eigenvalue weighted by Crippen LogP contribution is 2.14. The number of carbonyl (C=O) groups is 1. The molecule has 1 fully saturated rings. The first-order valence-electron chi connectivity index (χ1n) is 7.87. The molecule has 1 aliphatic heterocycles. The van der Waals surface area contributed by atoms with Crippen LogP contribution in [-0.2, 0) is 16.1 Å². The molecule has 122 valence electrons. The van der Waals surface area contributed by atoms with Gasteiger partial charge in [-0.3, -0.25) is 9.59 Å². The van der Waals surface area contributed by atoms with Gasteiger partial charge in [-0.25, -0.2) is 4.68 Å². The zero-order valence-electron chi connectivity index (χ0n) is 13.1. The molecule has 1 atom stereocenters. The van der Waals surface area contributed by atoms with Crippen LogP contribution in [0.1, 0.15) is 13.3 Å². The van der Waals surface area contributed by atoms with Crippen molar-refractivity contribution in [1.82, 2.24) is 19.9 Å². The molecule has 2 aromatic rings. The molecule has 1 unspecified atom stereocenters. The van der Waals surface area contributed by atoms with Gasteiger partial charge in [-0.2, -0.15) is 0 Å². The zero-order valence-corrected chi connectivity index (χ0v) is 13.1. The van der Waals surface area contributed by atoms with E-state index in [0.717, 1.165) is 17.7 Å². The number of hydrogen-bond acceptors (Lipinski definition) is 5. The van der Waals surface area contributed by atoms with E-state index in [-0.39, 0.29) is 18.0 Å². The summed E-state index contributed by atoms with van der Waals surface area (Å²) in [5.41, 5.74) is 0.251. The zero-order chi connectivity index (χ0) is 16.2. The quantitative estimate of drug-likeness (QED) is 0.810. The summed E-state index contributed by atoms with van der Waals surface area (Å²) in [6.07, 6.45) is 0.972. The number of hydrogen-bond donors (Lipinski definition) is 0. The van der Waals surface area contributed by atoms with Crippen LogP contribution in [0.15, 0.2) is 29.1 Å². The van der Waals surface area contributed by atoms with Crippen molar-refractivity contribution in [1.29, 1.82) is 0 Å². The van der Waals surface area contributed by atoms with E-state index in [9.17, 15) is 9.59 Å². The average molecular weight is 316 g/mol. The van der Waals surface area contributed by atoms with Gasteiger partial charge in [0.2, 0.25) is 5.91 Å². The molecule has 1 amide bonds. The minimum Gasteiger partial charge on any atom is -0.381 e. The predicted octanol–water partition coefficient (Wildman–Crippen LogP) is 0.676. The Bertz CT molecular complexity index is 752. The van der Waals surface area contributed by atoms with E-state index in [2.05, 4.69) is 10.3 Å². The second-order valence-corrected chi connectivity index (χ2v) is 5.73. The lowest BCUT2D eigenvalue weighted by Gasteiger charge is -2.23. The van der Waals surface area contributed by atoms with Gasteiger partial charge in [-0.05, 0) is 25.5 Å². The summed E-state index contributed by atoms with van der Waals surface area (Å²) in [5, 5.41) is 8.36. The molecule has 3 rings (SSSR count). The van der Waals surface area contributed by atoms with Crippen molar-refractivity contribution in [2.75, 3.05) is 26.3 Å². The number of carbonyl (C=O) groups excluding carboxylic acids is 1. The van der Waals surface area contributed by atoms with Gasteiger partial charge in [0.1, 0.15) is 12.1 Å². The molecule has 1 aromatic carbocycles. The van der Waals surface area contributed by atoms with E-state index in [1.54, 1.807) is 29.2 Å².